The number of nitrogens with one attached hydrogen (secondary N) is 1. The van der Waals surface area contributed by atoms with Crippen molar-refractivity contribution in [2.45, 2.75) is 46.0 Å². The van der Waals surface area contributed by atoms with E-state index in [0.29, 0.717) is 0 Å². The fourth-order valence-corrected chi connectivity index (χ4v) is 4.07. The number of amides is 1. The zero-order valence-electron chi connectivity index (χ0n) is 12.7. The molecule has 1 aromatic carbocycles. The third kappa shape index (κ3) is 3.18. The molecule has 0 atom stereocenters. The Morgan fingerprint density at radius 2 is 1.90 bits per heavy atom. The smallest absolute Gasteiger partial charge is 0.265 e. The average Bonchev–Trinajstić information content (AvgIpc) is 2.73. The first-order valence-electron chi connectivity index (χ1n) is 7.63. The summed E-state index contributed by atoms with van der Waals surface area (Å²) in [5.41, 5.74) is 4.63. The summed E-state index contributed by atoms with van der Waals surface area (Å²) in [6, 6.07) is 8.22. The number of benzene rings is 1. The number of carbonyl (C=O) groups is 1. The van der Waals surface area contributed by atoms with Gasteiger partial charge in [0.2, 0.25) is 0 Å². The summed E-state index contributed by atoms with van der Waals surface area (Å²) in [7, 11) is 0. The first kappa shape index (κ1) is 14.3. The quantitative estimate of drug-likeness (QED) is 0.786. The lowest BCUT2D eigenvalue weighted by atomic mass is 10.1. The maximum atomic E-state index is 12.5. The SMILES string of the molecule is Cc1ccc(NC(=O)c2cc3c(s2)CCCCC3)c(C)c1. The largest absolute Gasteiger partial charge is 0.321 e. The van der Waals surface area contributed by atoms with E-state index in [1.54, 1.807) is 11.3 Å². The molecule has 3 rings (SSSR count). The third-order valence-electron chi connectivity index (χ3n) is 4.10. The van der Waals surface area contributed by atoms with E-state index in [1.807, 2.05) is 19.1 Å². The number of carbonyl (C=O) groups excluding carboxylic acids is 1. The molecular weight excluding hydrogens is 278 g/mol. The van der Waals surface area contributed by atoms with Crippen molar-refractivity contribution in [2.24, 2.45) is 0 Å². The number of hydrogen-bond acceptors (Lipinski definition) is 2. The fourth-order valence-electron chi connectivity index (χ4n) is 2.92. The van der Waals surface area contributed by atoms with Crippen LogP contribution in [0.15, 0.2) is 24.3 Å². The van der Waals surface area contributed by atoms with Gasteiger partial charge >= 0.3 is 0 Å². The maximum absolute atomic E-state index is 12.5. The van der Waals surface area contributed by atoms with Gasteiger partial charge in [-0.05, 0) is 62.8 Å². The van der Waals surface area contributed by atoms with E-state index in [4.69, 9.17) is 0 Å². The molecule has 0 saturated carbocycles. The Morgan fingerprint density at radius 3 is 2.71 bits per heavy atom. The molecule has 1 heterocycles. The van der Waals surface area contributed by atoms with Gasteiger partial charge in [0.25, 0.3) is 5.91 Å². The Kier molecular flexibility index (Phi) is 4.11. The number of aryl methyl sites for hydroxylation is 4. The van der Waals surface area contributed by atoms with Gasteiger partial charge in [0.15, 0.2) is 0 Å². The Balaban J connectivity index is 1.79. The summed E-state index contributed by atoms with van der Waals surface area (Å²) in [4.78, 5) is 14.7. The van der Waals surface area contributed by atoms with Crippen molar-refractivity contribution in [1.29, 1.82) is 0 Å². The van der Waals surface area contributed by atoms with Crippen molar-refractivity contribution >= 4 is 22.9 Å². The lowest BCUT2D eigenvalue weighted by molar-refractivity contribution is 0.103. The van der Waals surface area contributed by atoms with Crippen molar-refractivity contribution < 1.29 is 4.79 Å². The highest BCUT2D eigenvalue weighted by molar-refractivity contribution is 7.14. The molecule has 1 aliphatic rings. The Bertz CT molecular complexity index is 648. The van der Waals surface area contributed by atoms with Crippen LogP contribution < -0.4 is 5.32 Å². The van der Waals surface area contributed by atoms with Gasteiger partial charge in [-0.3, -0.25) is 4.79 Å². The Labute approximate surface area is 130 Å². The van der Waals surface area contributed by atoms with Crippen LogP contribution in [0.5, 0.6) is 0 Å². The van der Waals surface area contributed by atoms with Crippen LogP contribution in [0.25, 0.3) is 0 Å². The van der Waals surface area contributed by atoms with Crippen molar-refractivity contribution in [3.8, 4) is 0 Å². The highest BCUT2D eigenvalue weighted by Crippen LogP contribution is 2.29. The zero-order chi connectivity index (χ0) is 14.8. The highest BCUT2D eigenvalue weighted by Gasteiger charge is 2.16. The van der Waals surface area contributed by atoms with Crippen molar-refractivity contribution in [3.05, 3.63) is 50.7 Å². The van der Waals surface area contributed by atoms with Gasteiger partial charge in [-0.1, -0.05) is 24.1 Å². The topological polar surface area (TPSA) is 29.1 Å². The van der Waals surface area contributed by atoms with E-state index in [0.717, 1.165) is 29.0 Å². The molecule has 0 fully saturated rings. The van der Waals surface area contributed by atoms with Crippen molar-refractivity contribution in [2.75, 3.05) is 5.32 Å². The molecule has 0 unspecified atom stereocenters. The number of thiophene rings is 1. The lowest BCUT2D eigenvalue weighted by Crippen LogP contribution is -2.11. The number of hydrogen-bond donors (Lipinski definition) is 1. The van der Waals surface area contributed by atoms with Gasteiger partial charge in [-0.25, -0.2) is 0 Å². The second-order valence-electron chi connectivity index (χ2n) is 5.89. The summed E-state index contributed by atoms with van der Waals surface area (Å²) in [6.45, 7) is 4.10. The molecule has 2 aromatic rings. The molecule has 1 amide bonds. The summed E-state index contributed by atoms with van der Waals surface area (Å²) in [5, 5.41) is 3.05. The van der Waals surface area contributed by atoms with Gasteiger partial charge in [0.05, 0.1) is 4.88 Å². The molecule has 0 radical (unpaired) electrons. The van der Waals surface area contributed by atoms with E-state index in [9.17, 15) is 4.79 Å². The van der Waals surface area contributed by atoms with Crippen LogP contribution in [0.1, 0.15) is 50.5 Å². The van der Waals surface area contributed by atoms with Crippen LogP contribution in [-0.2, 0) is 12.8 Å². The molecule has 1 aromatic heterocycles. The molecule has 0 spiro atoms. The molecule has 1 aliphatic carbocycles. The molecule has 0 saturated heterocycles. The van der Waals surface area contributed by atoms with Gasteiger partial charge < -0.3 is 5.32 Å². The highest BCUT2D eigenvalue weighted by atomic mass is 32.1. The first-order valence-corrected chi connectivity index (χ1v) is 8.45. The Hall–Kier alpha value is -1.61. The minimum atomic E-state index is 0.0278. The maximum Gasteiger partial charge on any atom is 0.265 e. The molecule has 0 bridgehead atoms. The normalized spacial score (nSPS) is 14.4. The van der Waals surface area contributed by atoms with E-state index in [1.165, 1.54) is 35.3 Å². The third-order valence-corrected chi connectivity index (χ3v) is 5.34. The van der Waals surface area contributed by atoms with Crippen LogP contribution in [0.2, 0.25) is 0 Å². The first-order chi connectivity index (χ1) is 10.1. The minimum Gasteiger partial charge on any atom is -0.321 e. The van der Waals surface area contributed by atoms with Gasteiger partial charge in [-0.15, -0.1) is 11.3 Å². The fraction of sp³-hybridized carbons (Fsp3) is 0.389. The molecule has 3 heteroatoms. The van der Waals surface area contributed by atoms with Gasteiger partial charge in [0, 0.05) is 10.6 Å². The number of rotatable bonds is 2. The van der Waals surface area contributed by atoms with Crippen LogP contribution in [-0.4, -0.2) is 5.91 Å². The van der Waals surface area contributed by atoms with Crippen LogP contribution >= 0.6 is 11.3 Å². The number of anilines is 1. The van der Waals surface area contributed by atoms with Crippen LogP contribution in [0.4, 0.5) is 5.69 Å². The lowest BCUT2D eigenvalue weighted by Gasteiger charge is -2.08. The average molecular weight is 299 g/mol. The molecule has 2 nitrogen and oxygen atoms in total. The summed E-state index contributed by atoms with van der Waals surface area (Å²) >= 11 is 1.67. The van der Waals surface area contributed by atoms with Gasteiger partial charge in [-0.2, -0.15) is 0 Å². The zero-order valence-corrected chi connectivity index (χ0v) is 13.5. The van der Waals surface area contributed by atoms with E-state index in [-0.39, 0.29) is 5.91 Å². The van der Waals surface area contributed by atoms with E-state index >= 15 is 0 Å². The number of fused-ring (bicyclic) bond motifs is 1. The summed E-state index contributed by atoms with van der Waals surface area (Å²) in [6.07, 6.45) is 6.08. The van der Waals surface area contributed by atoms with Crippen LogP contribution in [0, 0.1) is 13.8 Å². The van der Waals surface area contributed by atoms with E-state index < -0.39 is 0 Å². The Morgan fingerprint density at radius 1 is 1.10 bits per heavy atom. The molecule has 21 heavy (non-hydrogen) atoms. The second kappa shape index (κ2) is 6.02. The minimum absolute atomic E-state index is 0.0278. The molecule has 110 valence electrons. The van der Waals surface area contributed by atoms with Crippen LogP contribution in [0.3, 0.4) is 0 Å². The predicted molar refractivity (Wildman–Crippen MR) is 89.4 cm³/mol. The van der Waals surface area contributed by atoms with Gasteiger partial charge in [0.1, 0.15) is 0 Å². The van der Waals surface area contributed by atoms with Crippen molar-refractivity contribution in [1.82, 2.24) is 0 Å². The molecular formula is C18H21NOS. The summed E-state index contributed by atoms with van der Waals surface area (Å²) < 4.78 is 0. The second-order valence-corrected chi connectivity index (χ2v) is 7.03. The van der Waals surface area contributed by atoms with Crippen molar-refractivity contribution in [3.63, 3.8) is 0 Å². The predicted octanol–water partition coefficient (Wildman–Crippen LogP) is 4.89. The monoisotopic (exact) mass is 299 g/mol. The molecule has 1 N–H and O–H groups in total. The summed E-state index contributed by atoms with van der Waals surface area (Å²) in [5.74, 6) is 0.0278. The van der Waals surface area contributed by atoms with E-state index in [2.05, 4.69) is 24.4 Å². The molecule has 0 aliphatic heterocycles. The standard InChI is InChI=1S/C18H21NOS/c1-12-8-9-15(13(2)10-12)19-18(20)17-11-14-6-4-3-5-7-16(14)21-17/h8-11H,3-7H2,1-2H3,(H,19,20).